The summed E-state index contributed by atoms with van der Waals surface area (Å²) in [6, 6.07) is 25.4. The van der Waals surface area contributed by atoms with E-state index in [4.69, 9.17) is 18.5 Å². The molecule has 4 aromatic carbocycles. The van der Waals surface area contributed by atoms with Gasteiger partial charge in [0.05, 0.1) is 77.8 Å². The molecule has 410 valence electrons. The van der Waals surface area contributed by atoms with Gasteiger partial charge in [0.25, 0.3) is 14.7 Å². The molecular weight excluding hydrogens is 1090 g/mol. The van der Waals surface area contributed by atoms with E-state index >= 15 is 18.7 Å². The minimum absolute atomic E-state index is 0.0678. The third-order valence-corrected chi connectivity index (χ3v) is 34.8. The van der Waals surface area contributed by atoms with E-state index in [0.717, 1.165) is 41.5 Å². The Kier molecular flexibility index (Phi) is 19.7. The zero-order valence-corrected chi connectivity index (χ0v) is 60.4. The molecule has 0 unspecified atom stereocenters. The van der Waals surface area contributed by atoms with Crippen molar-refractivity contribution in [3.63, 3.8) is 0 Å². The van der Waals surface area contributed by atoms with Gasteiger partial charge in [0.1, 0.15) is 0 Å². The normalized spacial score (nSPS) is 14.7. The van der Waals surface area contributed by atoms with Gasteiger partial charge in [-0.05, 0) is 62.4 Å². The summed E-state index contributed by atoms with van der Waals surface area (Å²) >= 11 is 0. The molecule has 0 aromatic heterocycles. The van der Waals surface area contributed by atoms with Crippen molar-refractivity contribution >= 4 is 154 Å². The number of rotatable bonds is 21. The van der Waals surface area contributed by atoms with Crippen LogP contribution in [0.4, 0.5) is 0 Å². The summed E-state index contributed by atoms with van der Waals surface area (Å²) in [6.45, 7) is 57.9. The Bertz CT molecular complexity index is 2330. The number of ether oxygens (including phenoxy) is 2. The van der Waals surface area contributed by atoms with Crippen molar-refractivity contribution in [2.45, 2.75) is 183 Å². The molecule has 0 aliphatic carbocycles. The summed E-state index contributed by atoms with van der Waals surface area (Å²) in [5.41, 5.74) is 0. The van der Waals surface area contributed by atoms with Gasteiger partial charge < -0.3 is 18.5 Å². The minimum Gasteiger partial charge on any atom is -0.464 e. The van der Waals surface area contributed by atoms with Gasteiger partial charge in [-0.2, -0.15) is 0 Å². The molecule has 0 spiro atoms. The van der Waals surface area contributed by atoms with Crippen LogP contribution in [-0.4, -0.2) is 102 Å². The van der Waals surface area contributed by atoms with E-state index < -0.39 is 103 Å². The molecule has 0 aliphatic heterocycles. The smallest absolute Gasteiger partial charge is 0.339 e. The highest BCUT2D eigenvalue weighted by atomic mass is 31.2. The number of benzene rings is 4. The van der Waals surface area contributed by atoms with Crippen molar-refractivity contribution in [1.29, 1.82) is 0 Å². The van der Waals surface area contributed by atoms with E-state index in [1.807, 2.05) is 48.5 Å². The fourth-order valence-corrected chi connectivity index (χ4v) is 23.9. The number of carbonyl (C=O) groups excluding carboxylic acids is 2. The van der Waals surface area contributed by atoms with Gasteiger partial charge in [-0.25, -0.2) is 9.59 Å². The molecule has 0 fully saturated rings. The maximum Gasteiger partial charge on any atom is 0.339 e. The van der Waals surface area contributed by atoms with Gasteiger partial charge in [0.15, 0.2) is 12.2 Å². The summed E-state index contributed by atoms with van der Waals surface area (Å²) in [4.78, 5) is 30.5. The van der Waals surface area contributed by atoms with Crippen LogP contribution in [0.2, 0.25) is 157 Å². The molecule has 4 rings (SSSR count). The predicted molar refractivity (Wildman–Crippen MR) is 346 cm³/mol. The van der Waals surface area contributed by atoms with Crippen LogP contribution in [0, 0.1) is 0 Å². The summed E-state index contributed by atoms with van der Waals surface area (Å²) in [5, 5.41) is 10.7. The molecule has 0 radical (unpaired) electrons. The maximum absolute atomic E-state index is 17.4. The lowest BCUT2D eigenvalue weighted by Crippen LogP contribution is -2.51. The number of hydrogen-bond acceptors (Lipinski definition) is 8. The molecule has 0 N–H and O–H groups in total. The molecular formula is C56H96O8P2Si8. The average molecular weight is 1180 g/mol. The van der Waals surface area contributed by atoms with Crippen molar-refractivity contribution in [1.82, 2.24) is 0 Å². The molecule has 8 nitrogen and oxygen atoms in total. The van der Waals surface area contributed by atoms with Gasteiger partial charge in [-0.1, -0.05) is 223 Å². The molecule has 4 aromatic rings. The van der Waals surface area contributed by atoms with E-state index in [1.165, 1.54) is 0 Å². The topological polar surface area (TPSA) is 105 Å². The molecule has 18 heteroatoms. The van der Waals surface area contributed by atoms with Crippen LogP contribution in [0.3, 0.4) is 0 Å². The summed E-state index contributed by atoms with van der Waals surface area (Å²) in [6.07, 6.45) is -3.95. The summed E-state index contributed by atoms with van der Waals surface area (Å²) < 4.78 is 61.3. The van der Waals surface area contributed by atoms with Crippen LogP contribution >= 0.6 is 14.7 Å². The van der Waals surface area contributed by atoms with Crippen molar-refractivity contribution in [2.24, 2.45) is 0 Å². The van der Waals surface area contributed by atoms with E-state index in [9.17, 15) is 0 Å². The molecule has 0 bridgehead atoms. The van der Waals surface area contributed by atoms with Crippen LogP contribution in [-0.2, 0) is 37.2 Å². The van der Waals surface area contributed by atoms with Crippen LogP contribution < -0.4 is 62.7 Å². The Hall–Kier alpha value is -2.06. The number of hydrogen-bond donors (Lipinski definition) is 0. The molecule has 74 heavy (non-hydrogen) atoms. The molecule has 2 atom stereocenters. The largest absolute Gasteiger partial charge is 0.464 e. The van der Waals surface area contributed by atoms with Crippen molar-refractivity contribution < 1.29 is 37.2 Å². The first-order valence-corrected chi connectivity index (χ1v) is 58.0. The first-order chi connectivity index (χ1) is 33.2. The van der Waals surface area contributed by atoms with Gasteiger partial charge in [0.2, 0.25) is 0 Å². The van der Waals surface area contributed by atoms with E-state index in [2.05, 4.69) is 181 Å². The van der Waals surface area contributed by atoms with Gasteiger partial charge >= 0.3 is 11.9 Å². The van der Waals surface area contributed by atoms with E-state index in [0.29, 0.717) is 21.2 Å². The lowest BCUT2D eigenvalue weighted by molar-refractivity contribution is -0.168. The van der Waals surface area contributed by atoms with Crippen LogP contribution in [0.1, 0.15) is 13.8 Å². The molecule has 0 heterocycles. The van der Waals surface area contributed by atoms with E-state index in [1.54, 1.807) is 13.8 Å². The second-order valence-corrected chi connectivity index (χ2v) is 74.0. The third-order valence-electron chi connectivity index (χ3n) is 13.8. The number of carbonyl (C=O) groups is 2. The highest BCUT2D eigenvalue weighted by Crippen LogP contribution is 2.51. The molecule has 0 aliphatic rings. The standard InChI is InChI=1S/C56H96O8P2Si8/c1-27-61-55(57)53(63-65(59,41-29-45(67(3,4)5)37-46(30-41)68(6,7)8)42-31-47(69(9,10)11)38-48(32-42)70(12,13)14)54(56(58)62-28-2)64-66(60,43-33-49(71(15,16)17)39-50(34-43)72(18,19)20)44-35-51(73(21,22)23)40-52(36-44)74(24,25)26/h29-40,53-54H,27-28H2,1-26H3/t53-,54-/m1/s1. The SMILES string of the molecule is CCOC(=O)[C@H](OP(=O)(c1cc([Si](C)(C)C)cc([Si](C)(C)C)c1)c1cc([Si](C)(C)C)cc([Si](C)(C)C)c1)[C@@H](OP(=O)(c1cc([Si](C)(C)C)cc([Si](C)(C)C)c1)c1cc([Si](C)(C)C)cc([Si](C)(C)C)c1)C(=O)OCC. The Labute approximate surface area is 457 Å². The lowest BCUT2D eigenvalue weighted by atomic mass is 10.2. The maximum atomic E-state index is 17.4. The zero-order chi connectivity index (χ0) is 57.0. The van der Waals surface area contributed by atoms with Gasteiger partial charge in [-0.3, -0.25) is 9.13 Å². The molecule has 0 saturated carbocycles. The highest BCUT2D eigenvalue weighted by Gasteiger charge is 2.50. The average Bonchev–Trinajstić information content (AvgIpc) is 3.24. The quantitative estimate of drug-likeness (QED) is 0.0463. The Morgan fingerprint density at radius 1 is 0.324 bits per heavy atom. The van der Waals surface area contributed by atoms with E-state index in [-0.39, 0.29) is 13.2 Å². The van der Waals surface area contributed by atoms with Gasteiger partial charge in [-0.15, -0.1) is 0 Å². The Morgan fingerprint density at radius 3 is 0.595 bits per heavy atom. The van der Waals surface area contributed by atoms with Crippen LogP contribution in [0.25, 0.3) is 0 Å². The molecule has 0 saturated heterocycles. The summed E-state index contributed by atoms with van der Waals surface area (Å²) in [7, 11) is -25.7. The first kappa shape index (κ1) is 64.5. The lowest BCUT2D eigenvalue weighted by Gasteiger charge is -2.34. The fourth-order valence-electron chi connectivity index (χ4n) is 8.34. The first-order valence-electron chi connectivity index (χ1n) is 26.7. The minimum atomic E-state index is -4.45. The Morgan fingerprint density at radius 2 is 0.473 bits per heavy atom. The summed E-state index contributed by atoms with van der Waals surface area (Å²) in [5.74, 6) is -1.90. The predicted octanol–water partition coefficient (Wildman–Crippen LogP) is 9.10. The van der Waals surface area contributed by atoms with Crippen molar-refractivity contribution in [3.8, 4) is 0 Å². The third kappa shape index (κ3) is 15.6. The highest BCUT2D eigenvalue weighted by molar-refractivity contribution is 7.75. The fraction of sp³-hybridized carbons (Fsp3) is 0.536. The Balaban J connectivity index is 2.35. The van der Waals surface area contributed by atoms with Crippen molar-refractivity contribution in [2.75, 3.05) is 13.2 Å². The molecule has 0 amide bonds. The van der Waals surface area contributed by atoms with Gasteiger partial charge in [0, 0.05) is 21.2 Å². The second-order valence-electron chi connectivity index (χ2n) is 28.7. The number of esters is 2. The van der Waals surface area contributed by atoms with Crippen LogP contribution in [0.15, 0.2) is 72.8 Å². The zero-order valence-electron chi connectivity index (χ0n) is 50.7. The monoisotopic (exact) mass is 1180 g/mol. The van der Waals surface area contributed by atoms with Crippen LogP contribution in [0.5, 0.6) is 0 Å². The second kappa shape index (κ2) is 22.6. The van der Waals surface area contributed by atoms with Crippen molar-refractivity contribution in [3.05, 3.63) is 72.8 Å².